The number of quaternary nitrogens is 2. The Kier molecular flexibility index (Phi) is 6.60. The average Bonchev–Trinajstić information content (AvgIpc) is 2.67. The topological polar surface area (TPSA) is 57.9 Å². The van der Waals surface area contributed by atoms with Crippen molar-refractivity contribution in [1.82, 2.24) is 0 Å². The summed E-state index contributed by atoms with van der Waals surface area (Å²) in [6.45, 7) is 0. The molecule has 4 nitrogen and oxygen atoms in total. The highest BCUT2D eigenvalue weighted by atomic mass is 32.1. The van der Waals surface area contributed by atoms with Crippen LogP contribution in [0.3, 0.4) is 0 Å². The van der Waals surface area contributed by atoms with Gasteiger partial charge in [-0.15, -0.1) is 0 Å². The quantitative estimate of drug-likeness (QED) is 0.428. The molecule has 0 saturated heterocycles. The van der Waals surface area contributed by atoms with Gasteiger partial charge in [0.2, 0.25) is 0 Å². The largest absolute Gasteiger partial charge is 2.00 e. The van der Waals surface area contributed by atoms with Crippen molar-refractivity contribution in [2.24, 2.45) is 9.98 Å². The number of aliphatic imine (C=N–C) groups is 2. The van der Waals surface area contributed by atoms with E-state index in [0.29, 0.717) is 0 Å². The summed E-state index contributed by atoms with van der Waals surface area (Å²) in [7, 11) is 0. The summed E-state index contributed by atoms with van der Waals surface area (Å²) in [5.41, 5.74) is 0. The third-order valence-electron chi connectivity index (χ3n) is 0.911. The van der Waals surface area contributed by atoms with Crippen molar-refractivity contribution in [2.45, 2.75) is 0 Å². The summed E-state index contributed by atoms with van der Waals surface area (Å²) in [5.74, 6) is 0. The van der Waals surface area contributed by atoms with E-state index in [2.05, 4.69) is 9.98 Å². The summed E-state index contributed by atoms with van der Waals surface area (Å²) in [4.78, 5) is 7.44. The van der Waals surface area contributed by atoms with Crippen LogP contribution >= 0.6 is 0 Å². The van der Waals surface area contributed by atoms with Crippen molar-refractivity contribution < 1.29 is 10.6 Å². The lowest BCUT2D eigenvalue weighted by Crippen LogP contribution is -2.74. The molecular weight excluding hydrogens is 160 g/mol. The number of rotatable bonds is 0. The first-order valence-corrected chi connectivity index (χ1v) is 3.03. The minimum atomic E-state index is 0. The van der Waals surface area contributed by atoms with Crippen molar-refractivity contribution in [3.05, 3.63) is 24.8 Å². The minimum Gasteiger partial charge on any atom is -2.00 e. The zero-order valence-corrected chi connectivity index (χ0v) is 6.74. The summed E-state index contributed by atoms with van der Waals surface area (Å²) in [6, 6.07) is 0. The smallest absolute Gasteiger partial charge is 0.191 e. The predicted octanol–water partition coefficient (Wildman–Crippen LogP) is -1.88. The van der Waals surface area contributed by atoms with Crippen molar-refractivity contribution in [3.63, 3.8) is 0 Å². The van der Waals surface area contributed by atoms with E-state index in [9.17, 15) is 0 Å². The van der Waals surface area contributed by atoms with Gasteiger partial charge in [-0.3, -0.25) is 10.6 Å². The molecule has 0 unspecified atom stereocenters. The second kappa shape index (κ2) is 7.20. The van der Waals surface area contributed by atoms with Crippen LogP contribution < -0.4 is 10.6 Å². The van der Waals surface area contributed by atoms with E-state index in [-0.39, 0.29) is 13.5 Å². The van der Waals surface area contributed by atoms with Gasteiger partial charge in [-0.05, 0) is 0 Å². The SMILES string of the molecule is C1=C[NH2+]C=N1.C1=C[NH2+]C=N1.[S-2]. The fraction of sp³-hybridized carbons (Fsp3) is 0. The molecular formula is C6H10N4S. The van der Waals surface area contributed by atoms with Crippen LogP contribution in [0, 0.1) is 0 Å². The molecule has 0 saturated carbocycles. The molecule has 2 aliphatic heterocycles. The molecule has 0 atom stereocenters. The van der Waals surface area contributed by atoms with Crippen molar-refractivity contribution in [3.8, 4) is 0 Å². The molecule has 0 bridgehead atoms. The van der Waals surface area contributed by atoms with Gasteiger partial charge in [-0.25, -0.2) is 9.98 Å². The summed E-state index contributed by atoms with van der Waals surface area (Å²) in [6.07, 6.45) is 10.8. The lowest BCUT2D eigenvalue weighted by Gasteiger charge is -2.00. The van der Waals surface area contributed by atoms with Gasteiger partial charge in [-0.2, -0.15) is 0 Å². The molecule has 0 radical (unpaired) electrons. The molecule has 5 heteroatoms. The Bertz CT molecular complexity index is 153. The maximum atomic E-state index is 3.72. The molecule has 4 N–H and O–H groups in total. The normalized spacial score (nSPS) is 16.0. The molecule has 2 heterocycles. The average molecular weight is 170 g/mol. The van der Waals surface area contributed by atoms with E-state index >= 15 is 0 Å². The number of nitrogens with zero attached hydrogens (tertiary/aromatic N) is 2. The lowest BCUT2D eigenvalue weighted by molar-refractivity contribution is -0.447. The molecule has 2 aliphatic rings. The minimum absolute atomic E-state index is 0. The van der Waals surface area contributed by atoms with Crippen LogP contribution in [0.25, 0.3) is 0 Å². The van der Waals surface area contributed by atoms with E-state index in [4.69, 9.17) is 0 Å². The monoisotopic (exact) mass is 170 g/mol. The van der Waals surface area contributed by atoms with Gasteiger partial charge in [0.15, 0.2) is 12.7 Å². The van der Waals surface area contributed by atoms with E-state index < -0.39 is 0 Å². The van der Waals surface area contributed by atoms with Crippen LogP contribution in [0.4, 0.5) is 0 Å². The number of nitrogens with two attached hydrogens (primary N) is 2. The highest BCUT2D eigenvalue weighted by Gasteiger charge is 1.76. The zero-order chi connectivity index (χ0) is 7.07. The Morgan fingerprint density at radius 3 is 1.36 bits per heavy atom. The second-order valence-corrected chi connectivity index (χ2v) is 1.66. The first kappa shape index (κ1) is 10.1. The Hall–Kier alpha value is -0.910. The van der Waals surface area contributed by atoms with Gasteiger partial charge in [0.05, 0.1) is 12.4 Å². The van der Waals surface area contributed by atoms with Gasteiger partial charge < -0.3 is 13.5 Å². The van der Waals surface area contributed by atoms with Crippen molar-refractivity contribution in [2.75, 3.05) is 0 Å². The standard InChI is InChI=1S/2C3H4N2.S/c2*1-2-5-3-4-1;/h2*1-3H,(H,4,5);/q;;-2/p+2. The maximum absolute atomic E-state index is 3.72. The first-order chi connectivity index (χ1) is 5.00. The van der Waals surface area contributed by atoms with Gasteiger partial charge in [-0.1, -0.05) is 0 Å². The molecule has 0 aromatic rings. The van der Waals surface area contributed by atoms with Crippen molar-refractivity contribution >= 4 is 26.2 Å². The summed E-state index contributed by atoms with van der Waals surface area (Å²) in [5, 5.41) is 3.78. The summed E-state index contributed by atoms with van der Waals surface area (Å²) < 4.78 is 0. The fourth-order valence-electron chi connectivity index (χ4n) is 0.497. The van der Waals surface area contributed by atoms with Crippen LogP contribution in [0.5, 0.6) is 0 Å². The molecule has 0 aliphatic carbocycles. The van der Waals surface area contributed by atoms with Crippen LogP contribution in [0.1, 0.15) is 0 Å². The molecule has 11 heavy (non-hydrogen) atoms. The highest BCUT2D eigenvalue weighted by molar-refractivity contribution is 7.37. The third kappa shape index (κ3) is 5.53. The van der Waals surface area contributed by atoms with Crippen LogP contribution in [0.2, 0.25) is 0 Å². The van der Waals surface area contributed by atoms with Gasteiger partial charge in [0.25, 0.3) is 0 Å². The van der Waals surface area contributed by atoms with E-state index in [1.165, 1.54) is 0 Å². The van der Waals surface area contributed by atoms with Gasteiger partial charge in [0.1, 0.15) is 12.4 Å². The Balaban J connectivity index is 0.000000167. The van der Waals surface area contributed by atoms with Crippen molar-refractivity contribution in [1.29, 1.82) is 0 Å². The Morgan fingerprint density at radius 2 is 1.27 bits per heavy atom. The molecule has 0 amide bonds. The molecule has 0 spiro atoms. The molecule has 0 fully saturated rings. The van der Waals surface area contributed by atoms with E-state index in [0.717, 1.165) is 0 Å². The van der Waals surface area contributed by atoms with Crippen LogP contribution in [-0.2, 0) is 13.5 Å². The highest BCUT2D eigenvalue weighted by Crippen LogP contribution is 1.63. The molecule has 0 aromatic carbocycles. The van der Waals surface area contributed by atoms with Crippen LogP contribution in [0.15, 0.2) is 34.8 Å². The fourth-order valence-corrected chi connectivity index (χ4v) is 0.497. The lowest BCUT2D eigenvalue weighted by atomic mass is 11.0. The van der Waals surface area contributed by atoms with E-state index in [1.807, 2.05) is 23.0 Å². The maximum Gasteiger partial charge on any atom is 0.191 e. The number of hydrogen-bond donors (Lipinski definition) is 2. The second-order valence-electron chi connectivity index (χ2n) is 1.66. The van der Waals surface area contributed by atoms with Crippen LogP contribution in [-0.4, -0.2) is 12.7 Å². The van der Waals surface area contributed by atoms with Gasteiger partial charge in [0, 0.05) is 0 Å². The molecule has 60 valence electrons. The zero-order valence-electron chi connectivity index (χ0n) is 5.92. The Labute approximate surface area is 72.3 Å². The number of hydrogen-bond acceptors (Lipinski definition) is 2. The molecule has 2 rings (SSSR count). The third-order valence-corrected chi connectivity index (χ3v) is 0.911. The van der Waals surface area contributed by atoms with E-state index in [1.54, 1.807) is 25.1 Å². The Morgan fingerprint density at radius 1 is 0.818 bits per heavy atom. The first-order valence-electron chi connectivity index (χ1n) is 3.03. The summed E-state index contributed by atoms with van der Waals surface area (Å²) >= 11 is 0. The predicted molar refractivity (Wildman–Crippen MR) is 46.5 cm³/mol. The molecule has 0 aromatic heterocycles. The van der Waals surface area contributed by atoms with Gasteiger partial charge >= 0.3 is 0 Å².